The monoisotopic (exact) mass is 315 g/mol. The van der Waals surface area contributed by atoms with Gasteiger partial charge >= 0.3 is 0 Å². The Kier molecular flexibility index (Phi) is 3.47. The van der Waals surface area contributed by atoms with Crippen LogP contribution in [0.5, 0.6) is 0 Å². The molecule has 24 heavy (non-hydrogen) atoms. The summed E-state index contributed by atoms with van der Waals surface area (Å²) in [6.07, 6.45) is 2.86. The Balaban J connectivity index is 1.85. The Hall–Kier alpha value is -3.54. The second-order valence-electron chi connectivity index (χ2n) is 5.25. The third kappa shape index (κ3) is 2.61. The first-order valence-corrected chi connectivity index (χ1v) is 7.42. The molecule has 0 radical (unpaired) electrons. The molecule has 0 saturated carbocycles. The Labute approximate surface area is 137 Å². The van der Waals surface area contributed by atoms with Gasteiger partial charge in [0.2, 0.25) is 0 Å². The van der Waals surface area contributed by atoms with Gasteiger partial charge in [0.05, 0.1) is 16.8 Å². The molecule has 0 unspecified atom stereocenters. The molecule has 0 bridgehead atoms. The summed E-state index contributed by atoms with van der Waals surface area (Å²) < 4.78 is 1.42. The highest BCUT2D eigenvalue weighted by atomic mass is 16.2. The molecule has 0 spiro atoms. The minimum Gasteiger partial charge on any atom is -0.267 e. The summed E-state index contributed by atoms with van der Waals surface area (Å²) in [4.78, 5) is 17.4. The molecule has 0 saturated heterocycles. The number of nitrogens with one attached hydrogen (secondary N) is 1. The fourth-order valence-electron chi connectivity index (χ4n) is 2.56. The summed E-state index contributed by atoms with van der Waals surface area (Å²) in [6, 6.07) is 19.2. The van der Waals surface area contributed by atoms with Crippen molar-refractivity contribution in [1.82, 2.24) is 19.9 Å². The van der Waals surface area contributed by atoms with Crippen molar-refractivity contribution in [3.63, 3.8) is 0 Å². The van der Waals surface area contributed by atoms with Crippen LogP contribution in [-0.2, 0) is 0 Å². The molecule has 2 heterocycles. The molecule has 116 valence electrons. The topological polar surface area (TPSA) is 72.7 Å². The molecule has 6 nitrogen and oxygen atoms in total. The van der Waals surface area contributed by atoms with Crippen LogP contribution in [0.4, 0.5) is 0 Å². The lowest BCUT2D eigenvalue weighted by Gasteiger charge is -2.10. The normalized spacial score (nSPS) is 10.7. The average Bonchev–Trinajstić information content (AvgIpc) is 3.14. The van der Waals surface area contributed by atoms with Gasteiger partial charge in [0, 0.05) is 10.9 Å². The third-order valence-electron chi connectivity index (χ3n) is 3.68. The van der Waals surface area contributed by atoms with E-state index >= 15 is 0 Å². The van der Waals surface area contributed by atoms with Crippen LogP contribution in [0.2, 0.25) is 0 Å². The Bertz CT molecular complexity index is 997. The molecule has 2 aromatic carbocycles. The van der Waals surface area contributed by atoms with Crippen molar-refractivity contribution in [2.45, 2.75) is 0 Å². The van der Waals surface area contributed by atoms with E-state index in [0.29, 0.717) is 5.56 Å². The number of carbonyl (C=O) groups is 1. The molecule has 2 aromatic heterocycles. The Morgan fingerprint density at radius 3 is 2.42 bits per heavy atom. The van der Waals surface area contributed by atoms with Crippen molar-refractivity contribution < 1.29 is 4.79 Å². The molecule has 0 fully saturated rings. The van der Waals surface area contributed by atoms with E-state index in [1.807, 2.05) is 54.6 Å². The number of pyridine rings is 1. The van der Waals surface area contributed by atoms with E-state index in [0.717, 1.165) is 22.2 Å². The number of benzene rings is 2. The second-order valence-corrected chi connectivity index (χ2v) is 5.25. The van der Waals surface area contributed by atoms with Gasteiger partial charge in [-0.25, -0.2) is 9.66 Å². The first kappa shape index (κ1) is 14.1. The fourth-order valence-corrected chi connectivity index (χ4v) is 2.56. The number of amides is 1. The minimum atomic E-state index is -0.245. The van der Waals surface area contributed by atoms with E-state index in [2.05, 4.69) is 20.6 Å². The van der Waals surface area contributed by atoms with Gasteiger partial charge in [0.1, 0.15) is 12.7 Å². The predicted octanol–water partition coefficient (Wildman–Crippen LogP) is 2.88. The summed E-state index contributed by atoms with van der Waals surface area (Å²) in [5, 5.41) is 8.16. The lowest BCUT2D eigenvalue weighted by molar-refractivity contribution is 0.101. The van der Waals surface area contributed by atoms with Gasteiger partial charge in [-0.1, -0.05) is 48.5 Å². The average molecular weight is 315 g/mol. The molecule has 6 heteroatoms. The standard InChI is InChI=1S/C18H13N5O/c24-18(22-23-11-19-20-12-23)15-10-17(13-6-2-1-3-7-13)21-16-9-5-4-8-14(15)16/h1-12H,(H,22,24). The molecule has 0 aliphatic rings. The fraction of sp³-hybridized carbons (Fsp3) is 0. The van der Waals surface area contributed by atoms with Crippen molar-refractivity contribution >= 4 is 16.8 Å². The molecular weight excluding hydrogens is 302 g/mol. The maximum Gasteiger partial charge on any atom is 0.270 e. The molecule has 1 N–H and O–H groups in total. The van der Waals surface area contributed by atoms with E-state index in [1.165, 1.54) is 17.3 Å². The lowest BCUT2D eigenvalue weighted by Crippen LogP contribution is -2.22. The van der Waals surface area contributed by atoms with Gasteiger partial charge in [-0.2, -0.15) is 0 Å². The van der Waals surface area contributed by atoms with Crippen molar-refractivity contribution in [2.24, 2.45) is 0 Å². The predicted molar refractivity (Wildman–Crippen MR) is 90.9 cm³/mol. The number of fused-ring (bicyclic) bond motifs is 1. The smallest absolute Gasteiger partial charge is 0.267 e. The Morgan fingerprint density at radius 2 is 1.62 bits per heavy atom. The van der Waals surface area contributed by atoms with Gasteiger partial charge in [0.25, 0.3) is 5.91 Å². The van der Waals surface area contributed by atoms with Crippen LogP contribution in [0, 0.1) is 0 Å². The maximum atomic E-state index is 12.7. The van der Waals surface area contributed by atoms with Gasteiger partial charge in [-0.05, 0) is 12.1 Å². The maximum absolute atomic E-state index is 12.7. The first-order valence-electron chi connectivity index (χ1n) is 7.42. The highest BCUT2D eigenvalue weighted by molar-refractivity contribution is 6.10. The number of hydrogen-bond acceptors (Lipinski definition) is 4. The molecule has 4 rings (SSSR count). The molecule has 1 amide bonds. The van der Waals surface area contributed by atoms with Crippen LogP contribution in [-0.4, -0.2) is 25.8 Å². The molecular formula is C18H13N5O. The van der Waals surface area contributed by atoms with Crippen molar-refractivity contribution in [2.75, 3.05) is 5.43 Å². The number of hydrogen-bond donors (Lipinski definition) is 1. The summed E-state index contributed by atoms with van der Waals surface area (Å²) in [5.74, 6) is -0.245. The van der Waals surface area contributed by atoms with Gasteiger partial charge in [0.15, 0.2) is 0 Å². The first-order chi connectivity index (χ1) is 11.8. The van der Waals surface area contributed by atoms with Gasteiger partial charge < -0.3 is 0 Å². The summed E-state index contributed by atoms with van der Waals surface area (Å²) in [5.41, 5.74) is 5.77. The van der Waals surface area contributed by atoms with Crippen LogP contribution in [0.15, 0.2) is 73.3 Å². The highest BCUT2D eigenvalue weighted by Gasteiger charge is 2.14. The van der Waals surface area contributed by atoms with E-state index in [1.54, 1.807) is 6.07 Å². The van der Waals surface area contributed by atoms with Crippen LogP contribution in [0.3, 0.4) is 0 Å². The highest BCUT2D eigenvalue weighted by Crippen LogP contribution is 2.24. The number of aromatic nitrogens is 4. The van der Waals surface area contributed by atoms with Crippen LogP contribution >= 0.6 is 0 Å². The van der Waals surface area contributed by atoms with Gasteiger partial charge in [-0.3, -0.25) is 10.2 Å². The summed E-state index contributed by atoms with van der Waals surface area (Å²) in [6.45, 7) is 0. The number of rotatable bonds is 3. The second kappa shape index (κ2) is 5.92. The van der Waals surface area contributed by atoms with E-state index in [4.69, 9.17) is 0 Å². The zero-order valence-corrected chi connectivity index (χ0v) is 12.6. The van der Waals surface area contributed by atoms with Crippen LogP contribution < -0.4 is 5.43 Å². The molecule has 0 aliphatic heterocycles. The summed E-state index contributed by atoms with van der Waals surface area (Å²) in [7, 11) is 0. The number of carbonyl (C=O) groups excluding carboxylic acids is 1. The zero-order chi connectivity index (χ0) is 16.4. The summed E-state index contributed by atoms with van der Waals surface area (Å²) >= 11 is 0. The number of para-hydroxylation sites is 1. The van der Waals surface area contributed by atoms with E-state index in [9.17, 15) is 4.79 Å². The minimum absolute atomic E-state index is 0.245. The van der Waals surface area contributed by atoms with Crippen molar-refractivity contribution in [3.8, 4) is 11.3 Å². The number of nitrogens with zero attached hydrogens (tertiary/aromatic N) is 4. The molecule has 0 aliphatic carbocycles. The van der Waals surface area contributed by atoms with Crippen molar-refractivity contribution in [3.05, 3.63) is 78.9 Å². The largest absolute Gasteiger partial charge is 0.270 e. The molecule has 0 atom stereocenters. The van der Waals surface area contributed by atoms with Crippen LogP contribution in [0.1, 0.15) is 10.4 Å². The van der Waals surface area contributed by atoms with E-state index in [-0.39, 0.29) is 5.91 Å². The van der Waals surface area contributed by atoms with E-state index < -0.39 is 0 Å². The lowest BCUT2D eigenvalue weighted by atomic mass is 10.0. The SMILES string of the molecule is O=C(Nn1cnnc1)c1cc(-c2ccccc2)nc2ccccc12. The quantitative estimate of drug-likeness (QED) is 0.631. The van der Waals surface area contributed by atoms with Crippen LogP contribution in [0.25, 0.3) is 22.2 Å². The zero-order valence-electron chi connectivity index (χ0n) is 12.6. The molecule has 4 aromatic rings. The Morgan fingerprint density at radius 1 is 0.917 bits per heavy atom. The third-order valence-corrected chi connectivity index (χ3v) is 3.68. The van der Waals surface area contributed by atoms with Gasteiger partial charge in [-0.15, -0.1) is 10.2 Å². The van der Waals surface area contributed by atoms with Crippen molar-refractivity contribution in [1.29, 1.82) is 0 Å².